The Morgan fingerprint density at radius 1 is 1.07 bits per heavy atom. The number of aromatic nitrogens is 2. The number of nitrogens with one attached hydrogen (secondary N) is 1. The lowest BCUT2D eigenvalue weighted by atomic mass is 10.1. The van der Waals surface area contributed by atoms with Crippen LogP contribution in [0.4, 0.5) is 5.69 Å². The number of hydrogen-bond donors (Lipinski definition) is 1. The van der Waals surface area contributed by atoms with E-state index in [1.807, 2.05) is 53.9 Å². The van der Waals surface area contributed by atoms with Crippen LogP contribution in [-0.2, 0) is 5.75 Å². The Morgan fingerprint density at radius 2 is 1.93 bits per heavy atom. The van der Waals surface area contributed by atoms with Gasteiger partial charge >= 0.3 is 0 Å². The number of rotatable bonds is 5. The van der Waals surface area contributed by atoms with Crippen molar-refractivity contribution < 1.29 is 9.21 Å². The first-order valence-electron chi connectivity index (χ1n) is 8.97. The van der Waals surface area contributed by atoms with Crippen molar-refractivity contribution in [2.45, 2.75) is 10.9 Å². The van der Waals surface area contributed by atoms with E-state index >= 15 is 0 Å². The summed E-state index contributed by atoms with van der Waals surface area (Å²) in [4.78, 5) is 21.5. The van der Waals surface area contributed by atoms with Gasteiger partial charge in [0, 0.05) is 39.5 Å². The maximum atomic E-state index is 13.0. The van der Waals surface area contributed by atoms with Crippen molar-refractivity contribution in [3.8, 4) is 0 Å². The fourth-order valence-electron chi connectivity index (χ4n) is 3.15. The van der Waals surface area contributed by atoms with Crippen molar-refractivity contribution in [1.29, 1.82) is 0 Å². The van der Waals surface area contributed by atoms with Crippen LogP contribution in [0.1, 0.15) is 16.1 Å². The molecule has 1 N–H and O–H groups in total. The largest absolute Gasteiger partial charge is 0.451 e. The average Bonchev–Trinajstić information content (AvgIpc) is 3.37. The molecule has 0 unspecified atom stereocenters. The number of furan rings is 1. The Hall–Kier alpha value is -3.16. The molecule has 0 aliphatic rings. The predicted molar refractivity (Wildman–Crippen MR) is 118 cm³/mol. The van der Waals surface area contributed by atoms with Gasteiger partial charge in [0.2, 0.25) is 0 Å². The molecular formula is C22H15N3O2S2. The second-order valence-electron chi connectivity index (χ2n) is 6.35. The second-order valence-corrected chi connectivity index (χ2v) is 8.24. The first-order chi connectivity index (χ1) is 14.3. The summed E-state index contributed by atoms with van der Waals surface area (Å²) in [5.41, 5.74) is 2.27. The number of thiophene rings is 1. The molecule has 0 saturated carbocycles. The molecule has 29 heavy (non-hydrogen) atoms. The standard InChI is InChI=1S/C22H15N3O2S2/c26-21(25-15-6-7-19-14(12-15)8-11-28-19)20-17(13-29-22-23-9-3-10-24-22)16-4-1-2-5-18(16)27-20/h1-12H,13H2,(H,25,26). The van der Waals surface area contributed by atoms with Crippen molar-refractivity contribution in [3.05, 3.63) is 83.7 Å². The van der Waals surface area contributed by atoms with Crippen molar-refractivity contribution in [3.63, 3.8) is 0 Å². The predicted octanol–water partition coefficient (Wildman–Crippen LogP) is 5.98. The zero-order valence-electron chi connectivity index (χ0n) is 15.2. The number of carbonyl (C=O) groups is 1. The van der Waals surface area contributed by atoms with Gasteiger partial charge in [-0.25, -0.2) is 9.97 Å². The zero-order valence-corrected chi connectivity index (χ0v) is 16.8. The summed E-state index contributed by atoms with van der Waals surface area (Å²) < 4.78 is 7.12. The number of fused-ring (bicyclic) bond motifs is 2. The van der Waals surface area contributed by atoms with Crippen molar-refractivity contribution in [2.24, 2.45) is 0 Å². The van der Waals surface area contributed by atoms with Gasteiger partial charge in [-0.1, -0.05) is 30.0 Å². The summed E-state index contributed by atoms with van der Waals surface area (Å²) >= 11 is 3.15. The normalized spacial score (nSPS) is 11.2. The van der Waals surface area contributed by atoms with E-state index in [-0.39, 0.29) is 5.91 Å². The van der Waals surface area contributed by atoms with Crippen LogP contribution >= 0.6 is 23.1 Å². The monoisotopic (exact) mass is 417 g/mol. The van der Waals surface area contributed by atoms with Crippen LogP contribution in [-0.4, -0.2) is 15.9 Å². The molecule has 0 saturated heterocycles. The Labute approximate surface area is 174 Å². The highest BCUT2D eigenvalue weighted by atomic mass is 32.2. The smallest absolute Gasteiger partial charge is 0.291 e. The summed E-state index contributed by atoms with van der Waals surface area (Å²) in [6.45, 7) is 0. The number of benzene rings is 2. The molecule has 5 nitrogen and oxygen atoms in total. The van der Waals surface area contributed by atoms with Gasteiger partial charge < -0.3 is 9.73 Å². The van der Waals surface area contributed by atoms with Gasteiger partial charge in [-0.15, -0.1) is 11.3 Å². The average molecular weight is 418 g/mol. The third-order valence-electron chi connectivity index (χ3n) is 4.50. The second kappa shape index (κ2) is 7.69. The molecule has 5 rings (SSSR count). The zero-order chi connectivity index (χ0) is 19.6. The number of amides is 1. The van der Waals surface area contributed by atoms with Crippen molar-refractivity contribution >= 4 is 55.7 Å². The van der Waals surface area contributed by atoms with E-state index < -0.39 is 0 Å². The number of anilines is 1. The lowest BCUT2D eigenvalue weighted by molar-refractivity contribution is 0.0998. The highest BCUT2D eigenvalue weighted by Crippen LogP contribution is 2.32. The molecule has 142 valence electrons. The molecule has 0 spiro atoms. The maximum absolute atomic E-state index is 13.0. The minimum absolute atomic E-state index is 0.264. The Bertz CT molecular complexity index is 1310. The Morgan fingerprint density at radius 3 is 2.83 bits per heavy atom. The van der Waals surface area contributed by atoms with E-state index in [9.17, 15) is 4.79 Å². The molecule has 1 amide bonds. The maximum Gasteiger partial charge on any atom is 0.291 e. The first-order valence-corrected chi connectivity index (χ1v) is 10.8. The Kier molecular flexibility index (Phi) is 4.75. The molecule has 0 aliphatic heterocycles. The number of nitrogens with zero attached hydrogens (tertiary/aromatic N) is 2. The van der Waals surface area contributed by atoms with Crippen LogP contribution in [0.15, 0.2) is 81.9 Å². The first kappa shape index (κ1) is 17.9. The number of carbonyl (C=O) groups excluding carboxylic acids is 1. The molecular weight excluding hydrogens is 402 g/mol. The molecule has 7 heteroatoms. The van der Waals surface area contributed by atoms with E-state index in [1.54, 1.807) is 29.8 Å². The van der Waals surface area contributed by atoms with Crippen LogP contribution < -0.4 is 5.32 Å². The minimum atomic E-state index is -0.264. The summed E-state index contributed by atoms with van der Waals surface area (Å²) in [7, 11) is 0. The van der Waals surface area contributed by atoms with E-state index in [4.69, 9.17) is 4.42 Å². The van der Waals surface area contributed by atoms with E-state index in [1.165, 1.54) is 16.5 Å². The molecule has 0 fully saturated rings. The third-order valence-corrected chi connectivity index (χ3v) is 6.30. The molecule has 3 heterocycles. The van der Waals surface area contributed by atoms with Gasteiger partial charge in [0.25, 0.3) is 5.91 Å². The molecule has 3 aromatic heterocycles. The number of thioether (sulfide) groups is 1. The lowest BCUT2D eigenvalue weighted by Crippen LogP contribution is -2.12. The lowest BCUT2D eigenvalue weighted by Gasteiger charge is -2.06. The van der Waals surface area contributed by atoms with Gasteiger partial charge in [0.15, 0.2) is 10.9 Å². The molecule has 2 aromatic carbocycles. The molecule has 5 aromatic rings. The topological polar surface area (TPSA) is 68.0 Å². The summed E-state index contributed by atoms with van der Waals surface area (Å²) in [5.74, 6) is 0.591. The molecule has 0 aliphatic carbocycles. The van der Waals surface area contributed by atoms with Gasteiger partial charge in [0.05, 0.1) is 0 Å². The molecule has 0 atom stereocenters. The molecule has 0 radical (unpaired) electrons. The van der Waals surface area contributed by atoms with E-state index in [2.05, 4.69) is 15.3 Å². The summed E-state index contributed by atoms with van der Waals surface area (Å²) in [6, 6.07) is 17.4. The minimum Gasteiger partial charge on any atom is -0.451 e. The molecule has 0 bridgehead atoms. The number of hydrogen-bond acceptors (Lipinski definition) is 6. The third kappa shape index (κ3) is 3.62. The number of para-hydroxylation sites is 1. The quantitative estimate of drug-likeness (QED) is 0.281. The van der Waals surface area contributed by atoms with Crippen LogP contribution in [0.2, 0.25) is 0 Å². The van der Waals surface area contributed by atoms with Crippen LogP contribution in [0.5, 0.6) is 0 Å². The summed E-state index contributed by atoms with van der Waals surface area (Å²) in [5, 5.41) is 7.70. The summed E-state index contributed by atoms with van der Waals surface area (Å²) in [6.07, 6.45) is 3.41. The van der Waals surface area contributed by atoms with Gasteiger partial charge in [-0.2, -0.15) is 0 Å². The van der Waals surface area contributed by atoms with Crippen LogP contribution in [0, 0.1) is 0 Å². The van der Waals surface area contributed by atoms with E-state index in [0.717, 1.165) is 22.0 Å². The van der Waals surface area contributed by atoms with Crippen LogP contribution in [0.3, 0.4) is 0 Å². The van der Waals surface area contributed by atoms with Gasteiger partial charge in [-0.05, 0) is 47.2 Å². The van der Waals surface area contributed by atoms with Gasteiger partial charge in [0.1, 0.15) is 5.58 Å². The van der Waals surface area contributed by atoms with Gasteiger partial charge in [-0.3, -0.25) is 4.79 Å². The highest BCUT2D eigenvalue weighted by Gasteiger charge is 2.21. The fourth-order valence-corrected chi connectivity index (χ4v) is 4.76. The van der Waals surface area contributed by atoms with E-state index in [0.29, 0.717) is 22.3 Å². The van der Waals surface area contributed by atoms with Crippen molar-refractivity contribution in [2.75, 3.05) is 5.32 Å². The SMILES string of the molecule is O=C(Nc1ccc2sccc2c1)c1oc2ccccc2c1CSc1ncccn1. The van der Waals surface area contributed by atoms with Crippen molar-refractivity contribution in [1.82, 2.24) is 9.97 Å². The van der Waals surface area contributed by atoms with Crippen LogP contribution in [0.25, 0.3) is 21.1 Å². The highest BCUT2D eigenvalue weighted by molar-refractivity contribution is 7.98. The fraction of sp³-hybridized carbons (Fsp3) is 0.0455. The Balaban J connectivity index is 1.47.